The molecule has 0 bridgehead atoms. The molecule has 0 aliphatic carbocycles. The van der Waals surface area contributed by atoms with Gasteiger partial charge in [-0.15, -0.1) is 0 Å². The third kappa shape index (κ3) is 3.67. The molecule has 2 heterocycles. The van der Waals surface area contributed by atoms with Crippen molar-refractivity contribution >= 4 is 16.9 Å². The highest BCUT2D eigenvalue weighted by atomic mass is 19.1. The number of nitrogens with zero attached hydrogens (tertiary/aromatic N) is 1. The lowest BCUT2D eigenvalue weighted by molar-refractivity contribution is 0.0482. The molecule has 4 rings (SSSR count). The number of carbonyl (C=O) groups is 1. The van der Waals surface area contributed by atoms with Crippen LogP contribution in [0, 0.1) is 19.7 Å². The van der Waals surface area contributed by atoms with Gasteiger partial charge in [0.2, 0.25) is 0 Å². The van der Waals surface area contributed by atoms with Gasteiger partial charge in [0.1, 0.15) is 11.4 Å². The van der Waals surface area contributed by atoms with Gasteiger partial charge in [-0.3, -0.25) is 4.79 Å². The Kier molecular flexibility index (Phi) is 5.18. The fourth-order valence-corrected chi connectivity index (χ4v) is 3.77. The Morgan fingerprint density at radius 1 is 1.21 bits per heavy atom. The molecule has 0 saturated carbocycles. The number of aryl methyl sites for hydroxylation is 2. The minimum Gasteiger partial charge on any atom is -0.451 e. The van der Waals surface area contributed by atoms with Crippen LogP contribution in [0.5, 0.6) is 0 Å². The van der Waals surface area contributed by atoms with Gasteiger partial charge in [-0.05, 0) is 44.9 Å². The highest BCUT2D eigenvalue weighted by molar-refractivity contribution is 5.99. The first-order valence-electron chi connectivity index (χ1n) is 9.67. The lowest BCUT2D eigenvalue weighted by Crippen LogP contribution is -2.37. The van der Waals surface area contributed by atoms with Crippen LogP contribution >= 0.6 is 0 Å². The molecule has 1 fully saturated rings. The number of carbonyl (C=O) groups excluding carboxylic acids is 1. The number of hydrogen-bond acceptors (Lipinski definition) is 3. The first kappa shape index (κ1) is 18.7. The van der Waals surface area contributed by atoms with Crippen LogP contribution in [-0.2, 0) is 11.3 Å². The highest BCUT2D eigenvalue weighted by Gasteiger charge is 2.28. The van der Waals surface area contributed by atoms with Crippen LogP contribution in [0.25, 0.3) is 11.0 Å². The normalized spacial score (nSPS) is 16.6. The monoisotopic (exact) mass is 381 g/mol. The predicted octanol–water partition coefficient (Wildman–Crippen LogP) is 5.01. The molecule has 5 heteroatoms. The van der Waals surface area contributed by atoms with Crippen LogP contribution < -0.4 is 0 Å². The minimum atomic E-state index is -0.315. The molecule has 3 aromatic rings. The Morgan fingerprint density at radius 2 is 2.04 bits per heavy atom. The molecule has 1 aliphatic rings. The molecule has 1 atom stereocenters. The second-order valence-electron chi connectivity index (χ2n) is 7.47. The molecule has 28 heavy (non-hydrogen) atoms. The van der Waals surface area contributed by atoms with Gasteiger partial charge in [0.15, 0.2) is 5.76 Å². The number of fused-ring (bicyclic) bond motifs is 1. The summed E-state index contributed by atoms with van der Waals surface area (Å²) in [5, 5.41) is 0.936. The zero-order valence-corrected chi connectivity index (χ0v) is 16.2. The zero-order chi connectivity index (χ0) is 19.7. The fourth-order valence-electron chi connectivity index (χ4n) is 3.77. The van der Waals surface area contributed by atoms with Crippen LogP contribution in [-0.4, -0.2) is 30.1 Å². The summed E-state index contributed by atoms with van der Waals surface area (Å²) in [6, 6.07) is 12.4. The van der Waals surface area contributed by atoms with Crippen molar-refractivity contribution in [3.63, 3.8) is 0 Å². The average molecular weight is 381 g/mol. The van der Waals surface area contributed by atoms with E-state index in [1.54, 1.807) is 23.1 Å². The van der Waals surface area contributed by atoms with Gasteiger partial charge in [0.05, 0.1) is 6.10 Å². The Hall–Kier alpha value is -2.66. The van der Waals surface area contributed by atoms with Gasteiger partial charge in [-0.2, -0.15) is 0 Å². The Bertz CT molecular complexity index is 1000. The maximum absolute atomic E-state index is 14.2. The maximum Gasteiger partial charge on any atom is 0.290 e. The van der Waals surface area contributed by atoms with E-state index in [0.717, 1.165) is 29.4 Å². The lowest BCUT2D eigenvalue weighted by atomic mass is 10.1. The largest absolute Gasteiger partial charge is 0.451 e. The van der Waals surface area contributed by atoms with E-state index in [0.29, 0.717) is 30.1 Å². The molecule has 1 aromatic heterocycles. The highest BCUT2D eigenvalue weighted by Crippen LogP contribution is 2.28. The van der Waals surface area contributed by atoms with Gasteiger partial charge >= 0.3 is 0 Å². The van der Waals surface area contributed by atoms with Crippen molar-refractivity contribution in [2.24, 2.45) is 0 Å². The van der Waals surface area contributed by atoms with Gasteiger partial charge in [0.25, 0.3) is 5.91 Å². The number of amides is 1. The van der Waals surface area contributed by atoms with Crippen LogP contribution in [0.3, 0.4) is 0 Å². The molecule has 146 valence electrons. The minimum absolute atomic E-state index is 0.0253. The Morgan fingerprint density at radius 3 is 2.79 bits per heavy atom. The second-order valence-corrected chi connectivity index (χ2v) is 7.47. The molecule has 1 unspecified atom stereocenters. The summed E-state index contributed by atoms with van der Waals surface area (Å²) >= 11 is 0. The molecule has 1 aliphatic heterocycles. The van der Waals surface area contributed by atoms with E-state index in [1.165, 1.54) is 6.07 Å². The van der Waals surface area contributed by atoms with E-state index in [-0.39, 0.29) is 24.4 Å². The van der Waals surface area contributed by atoms with Crippen molar-refractivity contribution in [2.45, 2.75) is 39.3 Å². The summed E-state index contributed by atoms with van der Waals surface area (Å²) in [7, 11) is 0. The van der Waals surface area contributed by atoms with Crippen molar-refractivity contribution in [1.82, 2.24) is 4.90 Å². The Balaban J connectivity index is 1.67. The number of rotatable bonds is 5. The summed E-state index contributed by atoms with van der Waals surface area (Å²) in [5.41, 5.74) is 3.10. The van der Waals surface area contributed by atoms with Crippen molar-refractivity contribution in [3.8, 4) is 0 Å². The lowest BCUT2D eigenvalue weighted by Gasteiger charge is -2.25. The fraction of sp³-hybridized carbons (Fsp3) is 0.348. The summed E-state index contributed by atoms with van der Waals surface area (Å²) in [5.74, 6) is -0.232. The van der Waals surface area contributed by atoms with Gasteiger partial charge in [-0.25, -0.2) is 4.39 Å². The Labute approximate surface area is 163 Å². The van der Waals surface area contributed by atoms with Crippen LogP contribution in [0.4, 0.5) is 4.39 Å². The summed E-state index contributed by atoms with van der Waals surface area (Å²) in [6.07, 6.45) is 1.86. The molecule has 4 nitrogen and oxygen atoms in total. The second kappa shape index (κ2) is 7.76. The van der Waals surface area contributed by atoms with Gasteiger partial charge < -0.3 is 14.1 Å². The standard InChI is InChI=1S/C23H24FNO3/c1-15-9-10-21-19(12-15)16(2)22(28-21)23(26)25(14-18-7-5-11-27-18)13-17-6-3-4-8-20(17)24/h3-4,6,8-10,12,18H,5,7,11,13-14H2,1-2H3. The zero-order valence-electron chi connectivity index (χ0n) is 16.2. The smallest absolute Gasteiger partial charge is 0.290 e. The molecular formula is C23H24FNO3. The predicted molar refractivity (Wildman–Crippen MR) is 106 cm³/mol. The molecular weight excluding hydrogens is 357 g/mol. The molecule has 0 spiro atoms. The maximum atomic E-state index is 14.2. The number of furan rings is 1. The van der Waals surface area contributed by atoms with E-state index in [2.05, 4.69) is 0 Å². The number of hydrogen-bond donors (Lipinski definition) is 0. The first-order chi connectivity index (χ1) is 13.5. The van der Waals surface area contributed by atoms with E-state index in [4.69, 9.17) is 9.15 Å². The van der Waals surface area contributed by atoms with E-state index < -0.39 is 0 Å². The van der Waals surface area contributed by atoms with E-state index >= 15 is 0 Å². The van der Waals surface area contributed by atoms with Crippen LogP contribution in [0.2, 0.25) is 0 Å². The van der Waals surface area contributed by atoms with E-state index in [1.807, 2.05) is 32.0 Å². The SMILES string of the molecule is Cc1ccc2oc(C(=O)N(Cc3ccccc3F)CC3CCCO3)c(C)c2c1. The quantitative estimate of drug-likeness (QED) is 0.624. The van der Waals surface area contributed by atoms with Crippen LogP contribution in [0.15, 0.2) is 46.9 Å². The van der Waals surface area contributed by atoms with E-state index in [9.17, 15) is 9.18 Å². The third-order valence-electron chi connectivity index (χ3n) is 5.34. The van der Waals surface area contributed by atoms with Gasteiger partial charge in [-0.1, -0.05) is 29.8 Å². The van der Waals surface area contributed by atoms with Crippen molar-refractivity contribution in [2.75, 3.05) is 13.2 Å². The van der Waals surface area contributed by atoms with Crippen molar-refractivity contribution in [3.05, 3.63) is 70.7 Å². The van der Waals surface area contributed by atoms with Crippen molar-refractivity contribution < 1.29 is 18.3 Å². The number of ether oxygens (including phenoxy) is 1. The summed E-state index contributed by atoms with van der Waals surface area (Å²) in [6.45, 7) is 5.21. The molecule has 0 N–H and O–H groups in total. The van der Waals surface area contributed by atoms with Crippen LogP contribution in [0.1, 0.15) is 40.1 Å². The first-order valence-corrected chi connectivity index (χ1v) is 9.67. The average Bonchev–Trinajstić information content (AvgIpc) is 3.31. The summed E-state index contributed by atoms with van der Waals surface area (Å²) < 4.78 is 25.9. The molecule has 0 radical (unpaired) electrons. The number of halogens is 1. The molecule has 1 saturated heterocycles. The number of benzene rings is 2. The molecule has 1 amide bonds. The third-order valence-corrected chi connectivity index (χ3v) is 5.34. The molecule has 2 aromatic carbocycles. The summed E-state index contributed by atoms with van der Waals surface area (Å²) in [4.78, 5) is 15.0. The topological polar surface area (TPSA) is 42.7 Å². The van der Waals surface area contributed by atoms with Gasteiger partial charge in [0, 0.05) is 36.2 Å². The van der Waals surface area contributed by atoms with Crippen molar-refractivity contribution in [1.29, 1.82) is 0 Å².